The molecule has 7 nitrogen and oxygen atoms in total. The van der Waals surface area contributed by atoms with Gasteiger partial charge in [0.25, 0.3) is 5.91 Å². The third-order valence-corrected chi connectivity index (χ3v) is 3.64. The van der Waals surface area contributed by atoms with E-state index in [-0.39, 0.29) is 5.91 Å². The number of aryl methyl sites for hydroxylation is 2. The first-order valence-electron chi connectivity index (χ1n) is 5.90. The molecular formula is C12H12N6OS. The molecule has 0 fully saturated rings. The Kier molecular flexibility index (Phi) is 3.07. The van der Waals surface area contributed by atoms with Crippen molar-refractivity contribution in [3.05, 3.63) is 35.4 Å². The van der Waals surface area contributed by atoms with Crippen LogP contribution in [-0.2, 0) is 7.05 Å². The number of H-pyrrole nitrogens is 1. The minimum atomic E-state index is -0.243. The lowest BCUT2D eigenvalue weighted by Crippen LogP contribution is -2.12. The molecule has 3 rings (SSSR count). The molecule has 0 saturated carbocycles. The molecule has 0 bridgehead atoms. The van der Waals surface area contributed by atoms with Crippen LogP contribution in [0.3, 0.4) is 0 Å². The van der Waals surface area contributed by atoms with E-state index >= 15 is 0 Å². The minimum absolute atomic E-state index is 0.243. The Morgan fingerprint density at radius 2 is 2.35 bits per heavy atom. The van der Waals surface area contributed by atoms with Gasteiger partial charge in [-0.1, -0.05) is 0 Å². The Labute approximate surface area is 118 Å². The van der Waals surface area contributed by atoms with E-state index in [9.17, 15) is 4.79 Å². The molecule has 3 aromatic rings. The van der Waals surface area contributed by atoms with Crippen molar-refractivity contribution in [2.24, 2.45) is 7.05 Å². The van der Waals surface area contributed by atoms with Gasteiger partial charge in [-0.3, -0.25) is 14.6 Å². The van der Waals surface area contributed by atoms with Crippen LogP contribution in [0.25, 0.3) is 10.6 Å². The van der Waals surface area contributed by atoms with Crippen LogP contribution < -0.4 is 5.32 Å². The maximum absolute atomic E-state index is 12.1. The second kappa shape index (κ2) is 4.89. The standard InChI is InChI=1S/C12H12N6OS/c1-7-9(5-18(2)17-7)15-11(19)10-6-20-12(16-10)8-3-13-14-4-8/h3-6H,1-2H3,(H,13,14)(H,15,19). The van der Waals surface area contributed by atoms with Crippen molar-refractivity contribution >= 4 is 22.9 Å². The molecule has 0 aliphatic heterocycles. The minimum Gasteiger partial charge on any atom is -0.318 e. The Bertz CT molecular complexity index is 742. The van der Waals surface area contributed by atoms with E-state index in [1.165, 1.54) is 11.3 Å². The van der Waals surface area contributed by atoms with Crippen LogP contribution >= 0.6 is 11.3 Å². The van der Waals surface area contributed by atoms with E-state index in [2.05, 4.69) is 25.6 Å². The largest absolute Gasteiger partial charge is 0.318 e. The number of aromatic amines is 1. The number of amides is 1. The van der Waals surface area contributed by atoms with Crippen molar-refractivity contribution in [3.8, 4) is 10.6 Å². The summed E-state index contributed by atoms with van der Waals surface area (Å²) in [4.78, 5) is 16.4. The summed E-state index contributed by atoms with van der Waals surface area (Å²) >= 11 is 1.40. The van der Waals surface area contributed by atoms with Gasteiger partial charge in [0, 0.05) is 30.4 Å². The Hall–Kier alpha value is -2.48. The number of carbonyl (C=O) groups is 1. The SMILES string of the molecule is Cc1nn(C)cc1NC(=O)c1csc(-c2cn[nH]c2)n1. The summed E-state index contributed by atoms with van der Waals surface area (Å²) < 4.78 is 1.66. The fourth-order valence-corrected chi connectivity index (χ4v) is 2.57. The van der Waals surface area contributed by atoms with Crippen LogP contribution in [0.2, 0.25) is 0 Å². The third-order valence-electron chi connectivity index (χ3n) is 2.74. The number of anilines is 1. The number of nitrogens with one attached hydrogen (secondary N) is 2. The molecule has 0 unspecified atom stereocenters. The highest BCUT2D eigenvalue weighted by atomic mass is 32.1. The maximum atomic E-state index is 12.1. The molecule has 3 aromatic heterocycles. The fraction of sp³-hybridized carbons (Fsp3) is 0.167. The number of hydrogen-bond donors (Lipinski definition) is 2. The van der Waals surface area contributed by atoms with E-state index in [0.717, 1.165) is 16.3 Å². The van der Waals surface area contributed by atoms with Crippen LogP contribution in [0.15, 0.2) is 24.0 Å². The normalized spacial score (nSPS) is 10.7. The van der Waals surface area contributed by atoms with Crippen LogP contribution in [0.4, 0.5) is 5.69 Å². The van der Waals surface area contributed by atoms with Crippen molar-refractivity contribution in [3.63, 3.8) is 0 Å². The second-order valence-electron chi connectivity index (χ2n) is 4.28. The molecule has 0 saturated heterocycles. The molecule has 0 aliphatic carbocycles. The Balaban J connectivity index is 1.79. The average Bonchev–Trinajstić information content (AvgIpc) is 3.11. The van der Waals surface area contributed by atoms with E-state index in [1.54, 1.807) is 28.7 Å². The predicted molar refractivity (Wildman–Crippen MR) is 75.6 cm³/mol. The quantitative estimate of drug-likeness (QED) is 0.769. The van der Waals surface area contributed by atoms with Gasteiger partial charge in [0.15, 0.2) is 0 Å². The van der Waals surface area contributed by atoms with Crippen molar-refractivity contribution in [2.75, 3.05) is 5.32 Å². The summed E-state index contributed by atoms with van der Waals surface area (Å²) in [6.07, 6.45) is 5.17. The lowest BCUT2D eigenvalue weighted by atomic mass is 10.3. The first kappa shape index (κ1) is 12.5. The summed E-state index contributed by atoms with van der Waals surface area (Å²) in [5.41, 5.74) is 2.71. The van der Waals surface area contributed by atoms with Gasteiger partial charge in [-0.2, -0.15) is 10.2 Å². The van der Waals surface area contributed by atoms with Crippen LogP contribution in [0, 0.1) is 6.92 Å². The van der Waals surface area contributed by atoms with Crippen molar-refractivity contribution < 1.29 is 4.79 Å². The second-order valence-corrected chi connectivity index (χ2v) is 5.14. The highest BCUT2D eigenvalue weighted by Crippen LogP contribution is 2.23. The number of nitrogens with zero attached hydrogens (tertiary/aromatic N) is 4. The predicted octanol–water partition coefficient (Wildman–Crippen LogP) is 1.83. The zero-order chi connectivity index (χ0) is 14.1. The molecular weight excluding hydrogens is 276 g/mol. The maximum Gasteiger partial charge on any atom is 0.275 e. The number of aromatic nitrogens is 5. The van der Waals surface area contributed by atoms with Crippen molar-refractivity contribution in [2.45, 2.75) is 6.92 Å². The fourth-order valence-electron chi connectivity index (χ4n) is 1.79. The highest BCUT2D eigenvalue weighted by molar-refractivity contribution is 7.13. The van der Waals surface area contributed by atoms with E-state index in [4.69, 9.17) is 0 Å². The van der Waals surface area contributed by atoms with Gasteiger partial charge >= 0.3 is 0 Å². The van der Waals surface area contributed by atoms with Gasteiger partial charge in [-0.25, -0.2) is 4.98 Å². The highest BCUT2D eigenvalue weighted by Gasteiger charge is 2.14. The van der Waals surface area contributed by atoms with Crippen LogP contribution in [0.5, 0.6) is 0 Å². The molecule has 0 spiro atoms. The van der Waals surface area contributed by atoms with Crippen LogP contribution in [0.1, 0.15) is 16.2 Å². The average molecular weight is 288 g/mol. The van der Waals surface area contributed by atoms with Gasteiger partial charge in [0.2, 0.25) is 0 Å². The smallest absolute Gasteiger partial charge is 0.275 e. The lowest BCUT2D eigenvalue weighted by molar-refractivity contribution is 0.102. The molecule has 8 heteroatoms. The Morgan fingerprint density at radius 3 is 3.00 bits per heavy atom. The zero-order valence-electron chi connectivity index (χ0n) is 10.9. The molecule has 0 aromatic carbocycles. The summed E-state index contributed by atoms with van der Waals surface area (Å²) in [5.74, 6) is -0.243. The number of carbonyl (C=O) groups excluding carboxylic acids is 1. The summed E-state index contributed by atoms with van der Waals surface area (Å²) in [6.45, 7) is 1.84. The summed E-state index contributed by atoms with van der Waals surface area (Å²) in [7, 11) is 1.81. The molecule has 20 heavy (non-hydrogen) atoms. The van der Waals surface area contributed by atoms with E-state index in [0.29, 0.717) is 11.4 Å². The van der Waals surface area contributed by atoms with Gasteiger partial charge in [-0.15, -0.1) is 11.3 Å². The van der Waals surface area contributed by atoms with Gasteiger partial charge in [-0.05, 0) is 6.92 Å². The third kappa shape index (κ3) is 2.32. The van der Waals surface area contributed by atoms with Crippen molar-refractivity contribution in [1.29, 1.82) is 0 Å². The molecule has 0 atom stereocenters. The molecule has 0 aliphatic rings. The monoisotopic (exact) mass is 288 g/mol. The molecule has 2 N–H and O–H groups in total. The molecule has 102 valence electrons. The van der Waals surface area contributed by atoms with E-state index < -0.39 is 0 Å². The molecule has 3 heterocycles. The topological polar surface area (TPSA) is 88.5 Å². The van der Waals surface area contributed by atoms with Gasteiger partial charge in [0.05, 0.1) is 17.6 Å². The number of hydrogen-bond acceptors (Lipinski definition) is 5. The lowest BCUT2D eigenvalue weighted by Gasteiger charge is -1.99. The first-order valence-corrected chi connectivity index (χ1v) is 6.78. The Morgan fingerprint density at radius 1 is 1.50 bits per heavy atom. The van der Waals surface area contributed by atoms with Gasteiger partial charge in [0.1, 0.15) is 10.7 Å². The van der Waals surface area contributed by atoms with Crippen molar-refractivity contribution in [1.82, 2.24) is 25.0 Å². The van der Waals surface area contributed by atoms with E-state index in [1.807, 2.05) is 14.0 Å². The molecule has 1 amide bonds. The zero-order valence-corrected chi connectivity index (χ0v) is 11.7. The molecule has 0 radical (unpaired) electrons. The first-order chi connectivity index (χ1) is 9.63. The summed E-state index contributed by atoms with van der Waals surface area (Å²) in [6, 6.07) is 0. The summed E-state index contributed by atoms with van der Waals surface area (Å²) in [5, 5.41) is 16.0. The number of rotatable bonds is 3. The number of thiazole rings is 1. The van der Waals surface area contributed by atoms with Gasteiger partial charge < -0.3 is 5.32 Å². The van der Waals surface area contributed by atoms with Crippen LogP contribution in [-0.4, -0.2) is 30.9 Å².